The molecule has 0 saturated heterocycles. The van der Waals surface area contributed by atoms with E-state index >= 15 is 0 Å². The molecule has 0 saturated carbocycles. The molecule has 5 atom stereocenters. The van der Waals surface area contributed by atoms with E-state index in [0.29, 0.717) is 18.5 Å². The van der Waals surface area contributed by atoms with Crippen LogP contribution in [-0.4, -0.2) is 81.3 Å². The number of rotatable bonds is 17. The summed E-state index contributed by atoms with van der Waals surface area (Å²) in [5, 5.41) is 16.8. The molecule has 4 amide bonds. The number of aromatic nitrogens is 2. The average Bonchev–Trinajstić information content (AvgIpc) is 3.36. The van der Waals surface area contributed by atoms with Gasteiger partial charge in [-0.25, -0.2) is 9.78 Å². The zero-order chi connectivity index (χ0) is 28.8. The van der Waals surface area contributed by atoms with Crippen molar-refractivity contribution in [2.45, 2.75) is 70.1 Å². The number of hydrogen-bond acceptors (Lipinski definition) is 8. The Hall–Kier alpha value is -4.21. The van der Waals surface area contributed by atoms with E-state index in [1.54, 1.807) is 13.8 Å². The van der Waals surface area contributed by atoms with Crippen molar-refractivity contribution in [3.63, 3.8) is 0 Å². The number of nitrogens with one attached hydrogen (secondary N) is 4. The van der Waals surface area contributed by atoms with Gasteiger partial charge in [0.1, 0.15) is 18.1 Å². The predicted octanol–water partition coefficient (Wildman–Crippen LogP) is -3.21. The van der Waals surface area contributed by atoms with Crippen molar-refractivity contribution in [3.8, 4) is 0 Å². The third-order valence-corrected chi connectivity index (χ3v) is 5.73. The molecule has 0 aliphatic carbocycles. The molecule has 1 heterocycles. The summed E-state index contributed by atoms with van der Waals surface area (Å²) in [4.78, 5) is 72.5. The normalized spacial score (nSPS) is 14.7. The summed E-state index contributed by atoms with van der Waals surface area (Å²) >= 11 is 0. The Bertz CT molecular complexity index is 979. The number of aromatic amines is 1. The smallest absolute Gasteiger partial charge is 0.326 e. The van der Waals surface area contributed by atoms with E-state index in [4.69, 9.17) is 22.9 Å². The molecule has 0 bridgehead atoms. The lowest BCUT2D eigenvalue weighted by molar-refractivity contribution is -0.144. The number of guanidine groups is 1. The van der Waals surface area contributed by atoms with Crippen molar-refractivity contribution in [3.05, 3.63) is 18.2 Å². The Morgan fingerprint density at radius 3 is 2.21 bits per heavy atom. The maximum Gasteiger partial charge on any atom is 0.326 e. The van der Waals surface area contributed by atoms with Crippen LogP contribution < -0.4 is 38.9 Å². The molecule has 0 aliphatic heterocycles. The van der Waals surface area contributed by atoms with Crippen molar-refractivity contribution in [1.82, 2.24) is 25.9 Å². The van der Waals surface area contributed by atoms with Gasteiger partial charge in [0.15, 0.2) is 5.96 Å². The number of imidazole rings is 1. The van der Waals surface area contributed by atoms with Crippen molar-refractivity contribution < 1.29 is 29.1 Å². The second-order valence-electron chi connectivity index (χ2n) is 8.84. The largest absolute Gasteiger partial charge is 0.480 e. The van der Waals surface area contributed by atoms with Crippen molar-refractivity contribution in [2.75, 3.05) is 6.54 Å². The lowest BCUT2D eigenvalue weighted by atomic mass is 9.98. The minimum Gasteiger partial charge on any atom is -0.480 e. The monoisotopic (exact) mass is 538 g/mol. The number of carboxylic acids is 1. The first kappa shape index (κ1) is 31.8. The Labute approximate surface area is 219 Å². The van der Waals surface area contributed by atoms with E-state index in [2.05, 4.69) is 30.9 Å². The number of carboxylic acid groups (broad SMARTS) is 1. The van der Waals surface area contributed by atoms with Gasteiger partial charge in [-0.1, -0.05) is 20.3 Å². The maximum absolute atomic E-state index is 13.1. The van der Waals surface area contributed by atoms with Crippen LogP contribution in [0.5, 0.6) is 0 Å². The van der Waals surface area contributed by atoms with E-state index in [-0.39, 0.29) is 25.3 Å². The minimum absolute atomic E-state index is 0.0774. The molecule has 1 rings (SSSR count). The molecule has 1 aromatic rings. The fraction of sp³-hybridized carbons (Fsp3) is 0.591. The van der Waals surface area contributed by atoms with Crippen LogP contribution in [0.15, 0.2) is 17.5 Å². The molecule has 0 radical (unpaired) electrons. The molecular formula is C22H38N10O6. The Kier molecular flexibility index (Phi) is 13.2. The van der Waals surface area contributed by atoms with Gasteiger partial charge in [0.2, 0.25) is 23.6 Å². The van der Waals surface area contributed by atoms with Crippen molar-refractivity contribution >= 4 is 35.6 Å². The van der Waals surface area contributed by atoms with E-state index in [9.17, 15) is 29.1 Å². The van der Waals surface area contributed by atoms with Gasteiger partial charge in [0.05, 0.1) is 18.8 Å². The number of hydrogen-bond donors (Lipinski definition) is 9. The number of nitrogens with two attached hydrogens (primary N) is 4. The van der Waals surface area contributed by atoms with Crippen LogP contribution in [0, 0.1) is 5.92 Å². The molecular weight excluding hydrogens is 500 g/mol. The summed E-state index contributed by atoms with van der Waals surface area (Å²) in [5.74, 6) is -5.00. The molecule has 0 spiro atoms. The Balaban J connectivity index is 3.02. The zero-order valence-corrected chi connectivity index (χ0v) is 21.5. The van der Waals surface area contributed by atoms with Crippen LogP contribution in [0.4, 0.5) is 0 Å². The first-order chi connectivity index (χ1) is 17.8. The second-order valence-corrected chi connectivity index (χ2v) is 8.84. The molecule has 16 nitrogen and oxygen atoms in total. The molecule has 16 heteroatoms. The quantitative estimate of drug-likeness (QED) is 0.0543. The predicted molar refractivity (Wildman–Crippen MR) is 137 cm³/mol. The average molecular weight is 539 g/mol. The van der Waals surface area contributed by atoms with Crippen LogP contribution >= 0.6 is 0 Å². The lowest BCUT2D eigenvalue weighted by Crippen LogP contribution is -2.58. The van der Waals surface area contributed by atoms with Crippen LogP contribution in [0.1, 0.15) is 45.2 Å². The molecule has 1 aromatic heterocycles. The topological polar surface area (TPSA) is 287 Å². The number of aliphatic imine (C=N–C) groups is 1. The van der Waals surface area contributed by atoms with E-state index < -0.39 is 66.1 Å². The molecule has 13 N–H and O–H groups in total. The minimum atomic E-state index is -1.44. The summed E-state index contributed by atoms with van der Waals surface area (Å²) in [7, 11) is 0. The summed E-state index contributed by atoms with van der Waals surface area (Å²) in [6.45, 7) is 3.69. The standard InChI is InChI=1S/C22H38N10O6/c1-3-11(2)17(21(37)38)32-20(36)14(7-12-9-27-10-29-12)31-19(35)15(8-16(24)33)30-18(34)13(23)5-4-6-28-22(25)26/h9-11,13-15,17H,3-8,23H2,1-2H3,(H2,24,33)(H,27,29)(H,30,34)(H,31,35)(H,32,36)(H,37,38)(H4,25,26,28). The SMILES string of the molecule is CCC(C)C(NC(=O)C(Cc1cnc[nH]1)NC(=O)C(CC(N)=O)NC(=O)C(N)CCCN=C(N)N)C(=O)O. The van der Waals surface area contributed by atoms with E-state index in [0.717, 1.165) is 0 Å². The Morgan fingerprint density at radius 1 is 1.05 bits per heavy atom. The fourth-order valence-corrected chi connectivity index (χ4v) is 3.37. The van der Waals surface area contributed by atoms with Crippen molar-refractivity contribution in [1.29, 1.82) is 0 Å². The zero-order valence-electron chi connectivity index (χ0n) is 21.5. The van der Waals surface area contributed by atoms with Gasteiger partial charge in [-0.3, -0.25) is 24.2 Å². The van der Waals surface area contributed by atoms with Crippen molar-refractivity contribution in [2.24, 2.45) is 33.8 Å². The Morgan fingerprint density at radius 2 is 1.68 bits per heavy atom. The number of carbonyl (C=O) groups is 5. The third kappa shape index (κ3) is 11.2. The summed E-state index contributed by atoms with van der Waals surface area (Å²) in [5.41, 5.74) is 22.1. The second kappa shape index (κ2) is 15.8. The highest BCUT2D eigenvalue weighted by molar-refractivity contribution is 5.96. The first-order valence-electron chi connectivity index (χ1n) is 12.1. The fourth-order valence-electron chi connectivity index (χ4n) is 3.37. The number of aliphatic carboxylic acids is 1. The molecule has 0 aliphatic rings. The number of amides is 4. The maximum atomic E-state index is 13.1. The van der Waals surface area contributed by atoms with Gasteiger partial charge in [-0.15, -0.1) is 0 Å². The van der Waals surface area contributed by atoms with Crippen LogP contribution in [0.25, 0.3) is 0 Å². The van der Waals surface area contributed by atoms with Crippen LogP contribution in [-0.2, 0) is 30.4 Å². The number of nitrogens with zero attached hydrogens (tertiary/aromatic N) is 2. The van der Waals surface area contributed by atoms with Gasteiger partial charge in [0, 0.05) is 24.9 Å². The molecule has 0 aromatic carbocycles. The highest BCUT2D eigenvalue weighted by Crippen LogP contribution is 2.09. The number of primary amides is 1. The van der Waals surface area contributed by atoms with Gasteiger partial charge in [0.25, 0.3) is 0 Å². The molecule has 5 unspecified atom stereocenters. The summed E-state index contributed by atoms with van der Waals surface area (Å²) in [6, 6.07) is -4.95. The van der Waals surface area contributed by atoms with Gasteiger partial charge < -0.3 is 49.0 Å². The van der Waals surface area contributed by atoms with Gasteiger partial charge >= 0.3 is 5.97 Å². The molecule has 212 valence electrons. The first-order valence-corrected chi connectivity index (χ1v) is 12.1. The number of H-pyrrole nitrogens is 1. The summed E-state index contributed by atoms with van der Waals surface area (Å²) < 4.78 is 0. The van der Waals surface area contributed by atoms with Gasteiger partial charge in [-0.2, -0.15) is 0 Å². The molecule has 38 heavy (non-hydrogen) atoms. The number of carbonyl (C=O) groups excluding carboxylic acids is 4. The molecule has 0 fully saturated rings. The van der Waals surface area contributed by atoms with Gasteiger partial charge in [-0.05, 0) is 18.8 Å². The highest BCUT2D eigenvalue weighted by atomic mass is 16.4. The van der Waals surface area contributed by atoms with Crippen LogP contribution in [0.2, 0.25) is 0 Å². The highest BCUT2D eigenvalue weighted by Gasteiger charge is 2.32. The third-order valence-electron chi connectivity index (χ3n) is 5.73. The van der Waals surface area contributed by atoms with E-state index in [1.807, 2.05) is 0 Å². The van der Waals surface area contributed by atoms with Crippen LogP contribution in [0.3, 0.4) is 0 Å². The summed E-state index contributed by atoms with van der Waals surface area (Å²) in [6.07, 6.45) is 3.20. The lowest BCUT2D eigenvalue weighted by Gasteiger charge is -2.26. The van der Waals surface area contributed by atoms with E-state index in [1.165, 1.54) is 12.5 Å².